The second-order valence-electron chi connectivity index (χ2n) is 7.01. The molecular formula is C18H24N2O4S. The number of nitrogens with zero attached hydrogens (tertiary/aromatic N) is 2. The van der Waals surface area contributed by atoms with Gasteiger partial charge in [-0.25, -0.2) is 8.42 Å². The van der Waals surface area contributed by atoms with Gasteiger partial charge < -0.3 is 14.2 Å². The minimum absolute atomic E-state index is 0.0332. The minimum Gasteiger partial charge on any atom is -0.451 e. The van der Waals surface area contributed by atoms with Gasteiger partial charge in [-0.2, -0.15) is 0 Å². The fraction of sp³-hybridized carbons (Fsp3) is 0.500. The Bertz CT molecular complexity index is 886. The van der Waals surface area contributed by atoms with E-state index in [2.05, 4.69) is 0 Å². The van der Waals surface area contributed by atoms with Crippen LogP contribution in [0, 0.1) is 6.92 Å². The number of hydrogen-bond donors (Lipinski definition) is 0. The Morgan fingerprint density at radius 3 is 2.64 bits per heavy atom. The van der Waals surface area contributed by atoms with Crippen molar-refractivity contribution in [2.75, 3.05) is 38.7 Å². The first kappa shape index (κ1) is 17.9. The van der Waals surface area contributed by atoms with Crippen molar-refractivity contribution in [2.45, 2.75) is 19.4 Å². The standard InChI is InChI=1S/C18H24N2O4S/c1-13-4-5-14-11-17(24-16(14)10-13)18(21)20(8-7-19(2)3)15-6-9-25(22,23)12-15/h4-5,10-11,15H,6-9,12H2,1-3H3. The van der Waals surface area contributed by atoms with Crippen LogP contribution in [0.4, 0.5) is 0 Å². The van der Waals surface area contributed by atoms with Gasteiger partial charge in [-0.1, -0.05) is 12.1 Å². The molecule has 25 heavy (non-hydrogen) atoms. The Morgan fingerprint density at radius 1 is 1.24 bits per heavy atom. The van der Waals surface area contributed by atoms with Crippen LogP contribution in [0.5, 0.6) is 0 Å². The van der Waals surface area contributed by atoms with E-state index in [1.165, 1.54) is 0 Å². The van der Waals surface area contributed by atoms with E-state index in [9.17, 15) is 13.2 Å². The number of benzene rings is 1. The van der Waals surface area contributed by atoms with Crippen LogP contribution in [0.3, 0.4) is 0 Å². The summed E-state index contributed by atoms with van der Waals surface area (Å²) in [5.74, 6) is 0.204. The first-order chi connectivity index (χ1) is 11.7. The summed E-state index contributed by atoms with van der Waals surface area (Å²) in [4.78, 5) is 16.7. The Balaban J connectivity index is 1.89. The van der Waals surface area contributed by atoms with Gasteiger partial charge in [0.2, 0.25) is 0 Å². The Hall–Kier alpha value is -1.86. The number of furan rings is 1. The molecule has 1 fully saturated rings. The predicted molar refractivity (Wildman–Crippen MR) is 97.6 cm³/mol. The van der Waals surface area contributed by atoms with Crippen molar-refractivity contribution in [1.82, 2.24) is 9.80 Å². The second kappa shape index (κ2) is 6.80. The molecule has 6 nitrogen and oxygen atoms in total. The topological polar surface area (TPSA) is 70.8 Å². The van der Waals surface area contributed by atoms with E-state index in [1.54, 1.807) is 11.0 Å². The molecule has 1 aromatic heterocycles. The zero-order chi connectivity index (χ0) is 18.2. The summed E-state index contributed by atoms with van der Waals surface area (Å²) < 4.78 is 29.5. The molecule has 7 heteroatoms. The number of fused-ring (bicyclic) bond motifs is 1. The molecule has 1 amide bonds. The minimum atomic E-state index is -3.06. The van der Waals surface area contributed by atoms with Gasteiger partial charge in [0, 0.05) is 24.5 Å². The number of aryl methyl sites for hydroxylation is 1. The molecule has 0 aliphatic carbocycles. The van der Waals surface area contributed by atoms with Gasteiger partial charge in [-0.3, -0.25) is 4.79 Å². The highest BCUT2D eigenvalue weighted by Crippen LogP contribution is 2.24. The smallest absolute Gasteiger partial charge is 0.289 e. The van der Waals surface area contributed by atoms with Crippen molar-refractivity contribution in [2.24, 2.45) is 0 Å². The van der Waals surface area contributed by atoms with Crippen LogP contribution >= 0.6 is 0 Å². The highest BCUT2D eigenvalue weighted by atomic mass is 32.2. The Labute approximate surface area is 148 Å². The van der Waals surface area contributed by atoms with Gasteiger partial charge in [-0.15, -0.1) is 0 Å². The van der Waals surface area contributed by atoms with Crippen LogP contribution in [-0.4, -0.2) is 68.9 Å². The lowest BCUT2D eigenvalue weighted by molar-refractivity contribution is 0.0653. The molecule has 2 heterocycles. The van der Waals surface area contributed by atoms with Gasteiger partial charge in [0.05, 0.1) is 11.5 Å². The van der Waals surface area contributed by atoms with Crippen molar-refractivity contribution in [3.05, 3.63) is 35.6 Å². The molecule has 0 radical (unpaired) electrons. The Kier molecular flexibility index (Phi) is 4.88. The van der Waals surface area contributed by atoms with E-state index >= 15 is 0 Å². The molecule has 1 aliphatic heterocycles. The van der Waals surface area contributed by atoms with E-state index < -0.39 is 9.84 Å². The molecule has 0 saturated carbocycles. The third kappa shape index (κ3) is 4.04. The zero-order valence-electron chi connectivity index (χ0n) is 14.9. The van der Waals surface area contributed by atoms with Gasteiger partial charge in [0.15, 0.2) is 15.6 Å². The van der Waals surface area contributed by atoms with Crippen molar-refractivity contribution >= 4 is 26.7 Å². The number of carbonyl (C=O) groups is 1. The average molecular weight is 364 g/mol. The summed E-state index contributed by atoms with van der Waals surface area (Å²) >= 11 is 0. The zero-order valence-corrected chi connectivity index (χ0v) is 15.7. The third-order valence-corrected chi connectivity index (χ3v) is 6.33. The van der Waals surface area contributed by atoms with E-state index in [0.29, 0.717) is 25.1 Å². The summed E-state index contributed by atoms with van der Waals surface area (Å²) in [7, 11) is 0.794. The van der Waals surface area contributed by atoms with Gasteiger partial charge in [0.25, 0.3) is 5.91 Å². The SMILES string of the molecule is Cc1ccc2cc(C(=O)N(CCN(C)C)C3CCS(=O)(=O)C3)oc2c1. The van der Waals surface area contributed by atoms with Gasteiger partial charge >= 0.3 is 0 Å². The molecule has 0 N–H and O–H groups in total. The van der Waals surface area contributed by atoms with Crippen molar-refractivity contribution in [1.29, 1.82) is 0 Å². The van der Waals surface area contributed by atoms with Crippen molar-refractivity contribution in [3.63, 3.8) is 0 Å². The molecule has 1 atom stereocenters. The summed E-state index contributed by atoms with van der Waals surface area (Å²) in [5.41, 5.74) is 1.74. The number of likely N-dealkylation sites (N-methyl/N-ethyl adjacent to an activating group) is 1. The quantitative estimate of drug-likeness (QED) is 0.811. The van der Waals surface area contributed by atoms with Crippen molar-refractivity contribution < 1.29 is 17.6 Å². The fourth-order valence-corrected chi connectivity index (χ4v) is 4.89. The molecular weight excluding hydrogens is 340 g/mol. The van der Waals surface area contributed by atoms with E-state index in [0.717, 1.165) is 10.9 Å². The Morgan fingerprint density at radius 2 is 2.00 bits per heavy atom. The maximum Gasteiger partial charge on any atom is 0.289 e. The van der Waals surface area contributed by atoms with Crippen LogP contribution in [-0.2, 0) is 9.84 Å². The van der Waals surface area contributed by atoms with Crippen LogP contribution in [0.15, 0.2) is 28.7 Å². The third-order valence-electron chi connectivity index (χ3n) is 4.58. The maximum absolute atomic E-state index is 13.0. The molecule has 1 saturated heterocycles. The van der Waals surface area contributed by atoms with Gasteiger partial charge in [-0.05, 0) is 45.1 Å². The number of hydrogen-bond acceptors (Lipinski definition) is 5. The van der Waals surface area contributed by atoms with Crippen LogP contribution in [0.25, 0.3) is 11.0 Å². The van der Waals surface area contributed by atoms with Gasteiger partial charge in [0.1, 0.15) is 5.58 Å². The molecule has 1 aromatic carbocycles. The number of carbonyl (C=O) groups excluding carboxylic acids is 1. The summed E-state index contributed by atoms with van der Waals surface area (Å²) in [6.45, 7) is 3.11. The lowest BCUT2D eigenvalue weighted by atomic mass is 10.2. The summed E-state index contributed by atoms with van der Waals surface area (Å²) in [6, 6.07) is 7.25. The average Bonchev–Trinajstić information content (AvgIpc) is 3.09. The molecule has 2 aromatic rings. The largest absolute Gasteiger partial charge is 0.451 e. The molecule has 3 rings (SSSR count). The summed E-state index contributed by atoms with van der Waals surface area (Å²) in [6.07, 6.45) is 0.487. The lowest BCUT2D eigenvalue weighted by Crippen LogP contribution is -2.44. The molecule has 0 spiro atoms. The van der Waals surface area contributed by atoms with Crippen LogP contribution < -0.4 is 0 Å². The number of rotatable bonds is 5. The monoisotopic (exact) mass is 364 g/mol. The first-order valence-electron chi connectivity index (χ1n) is 8.41. The predicted octanol–water partition coefficient (Wildman–Crippen LogP) is 1.93. The molecule has 0 bridgehead atoms. The van der Waals surface area contributed by atoms with E-state index in [-0.39, 0.29) is 29.2 Å². The first-order valence-corrected chi connectivity index (χ1v) is 10.2. The summed E-state index contributed by atoms with van der Waals surface area (Å²) in [5, 5.41) is 0.876. The van der Waals surface area contributed by atoms with E-state index in [4.69, 9.17) is 4.42 Å². The normalized spacial score (nSPS) is 19.6. The molecule has 1 unspecified atom stereocenters. The molecule has 136 valence electrons. The highest BCUT2D eigenvalue weighted by Gasteiger charge is 2.35. The maximum atomic E-state index is 13.0. The van der Waals surface area contributed by atoms with Crippen LogP contribution in [0.2, 0.25) is 0 Å². The van der Waals surface area contributed by atoms with Crippen molar-refractivity contribution in [3.8, 4) is 0 Å². The second-order valence-corrected chi connectivity index (χ2v) is 9.24. The number of sulfone groups is 1. The molecule has 1 aliphatic rings. The van der Waals surface area contributed by atoms with Crippen LogP contribution in [0.1, 0.15) is 22.5 Å². The number of amides is 1. The highest BCUT2D eigenvalue weighted by molar-refractivity contribution is 7.91. The lowest BCUT2D eigenvalue weighted by Gasteiger charge is -2.28. The fourth-order valence-electron chi connectivity index (χ4n) is 3.16. The van der Waals surface area contributed by atoms with E-state index in [1.807, 2.05) is 44.1 Å².